The second-order valence-corrected chi connectivity index (χ2v) is 6.30. The van der Waals surface area contributed by atoms with E-state index >= 15 is 0 Å². The van der Waals surface area contributed by atoms with E-state index in [0.717, 1.165) is 29.7 Å². The predicted octanol–water partition coefficient (Wildman–Crippen LogP) is 3.46. The zero-order valence-electron chi connectivity index (χ0n) is 13.3. The first-order valence-electron chi connectivity index (χ1n) is 7.47. The average Bonchev–Trinajstić information content (AvgIpc) is 2.53. The molecule has 5 nitrogen and oxygen atoms in total. The van der Waals surface area contributed by atoms with Crippen molar-refractivity contribution in [1.82, 2.24) is 9.88 Å². The van der Waals surface area contributed by atoms with Gasteiger partial charge in [-0.15, -0.1) is 0 Å². The van der Waals surface area contributed by atoms with E-state index in [0.29, 0.717) is 11.4 Å². The number of amides is 1. The first-order valence-corrected chi connectivity index (χ1v) is 8.26. The highest BCUT2D eigenvalue weighted by Gasteiger charge is 2.09. The summed E-state index contributed by atoms with van der Waals surface area (Å²) in [6, 6.07) is 11.0. The molecule has 0 radical (unpaired) electrons. The average molecular weight is 377 g/mol. The number of aromatic nitrogens is 1. The van der Waals surface area contributed by atoms with E-state index in [1.165, 1.54) is 0 Å². The van der Waals surface area contributed by atoms with Crippen LogP contribution in [0.1, 0.15) is 16.8 Å². The molecule has 0 atom stereocenters. The maximum atomic E-state index is 12.2. The lowest BCUT2D eigenvalue weighted by atomic mass is 10.2. The molecule has 6 heteroatoms. The van der Waals surface area contributed by atoms with Crippen LogP contribution in [0.4, 0.5) is 11.5 Å². The van der Waals surface area contributed by atoms with Crippen molar-refractivity contribution < 1.29 is 4.79 Å². The number of rotatable bonds is 7. The zero-order chi connectivity index (χ0) is 16.7. The van der Waals surface area contributed by atoms with E-state index in [1.807, 2.05) is 24.3 Å². The number of benzene rings is 1. The fourth-order valence-corrected chi connectivity index (χ4v) is 2.49. The van der Waals surface area contributed by atoms with Crippen LogP contribution in [-0.2, 0) is 0 Å². The molecule has 0 fully saturated rings. The smallest absolute Gasteiger partial charge is 0.257 e. The Morgan fingerprint density at radius 2 is 2.00 bits per heavy atom. The largest absolute Gasteiger partial charge is 0.384 e. The van der Waals surface area contributed by atoms with Gasteiger partial charge in [0, 0.05) is 11.0 Å². The van der Waals surface area contributed by atoms with Crippen molar-refractivity contribution >= 4 is 33.3 Å². The molecule has 2 N–H and O–H groups in total. The van der Waals surface area contributed by atoms with Crippen LogP contribution in [0.2, 0.25) is 0 Å². The Kier molecular flexibility index (Phi) is 6.55. The quantitative estimate of drug-likeness (QED) is 0.726. The summed E-state index contributed by atoms with van der Waals surface area (Å²) in [6.07, 6.45) is 2.79. The van der Waals surface area contributed by atoms with Crippen molar-refractivity contribution in [3.63, 3.8) is 0 Å². The molecule has 2 rings (SSSR count). The summed E-state index contributed by atoms with van der Waals surface area (Å²) < 4.78 is 0.761. The summed E-state index contributed by atoms with van der Waals surface area (Å²) in [7, 11) is 4.12. The van der Waals surface area contributed by atoms with Gasteiger partial charge < -0.3 is 15.5 Å². The highest BCUT2D eigenvalue weighted by atomic mass is 79.9. The van der Waals surface area contributed by atoms with Gasteiger partial charge in [-0.05, 0) is 67.3 Å². The maximum absolute atomic E-state index is 12.2. The second kappa shape index (κ2) is 8.64. The molecular formula is C17H21BrN4O. The Bertz CT molecular complexity index is 643. The number of nitrogens with one attached hydrogen (secondary N) is 2. The van der Waals surface area contributed by atoms with Crippen LogP contribution in [0, 0.1) is 0 Å². The number of pyridine rings is 1. The number of carbonyl (C=O) groups excluding carboxylic acids is 1. The zero-order valence-corrected chi connectivity index (χ0v) is 14.9. The normalized spacial score (nSPS) is 10.6. The Hall–Kier alpha value is -1.92. The molecule has 23 heavy (non-hydrogen) atoms. The summed E-state index contributed by atoms with van der Waals surface area (Å²) in [5.41, 5.74) is 1.53. The summed E-state index contributed by atoms with van der Waals surface area (Å²) >= 11 is 3.37. The second-order valence-electron chi connectivity index (χ2n) is 5.45. The molecule has 0 bridgehead atoms. The van der Waals surface area contributed by atoms with Gasteiger partial charge in [-0.1, -0.05) is 12.1 Å². The summed E-state index contributed by atoms with van der Waals surface area (Å²) in [5.74, 6) is 0.348. The maximum Gasteiger partial charge on any atom is 0.257 e. The Labute approximate surface area is 145 Å². The first-order chi connectivity index (χ1) is 11.1. The molecule has 1 aromatic heterocycles. The molecule has 0 aliphatic heterocycles. The summed E-state index contributed by atoms with van der Waals surface area (Å²) in [5, 5.41) is 6.11. The molecule has 1 amide bonds. The molecule has 122 valence electrons. The van der Waals surface area contributed by atoms with Crippen molar-refractivity contribution in [2.24, 2.45) is 0 Å². The molecule has 2 aromatic rings. The number of nitrogens with zero attached hydrogens (tertiary/aromatic N) is 2. The van der Waals surface area contributed by atoms with E-state index in [2.05, 4.69) is 50.5 Å². The van der Waals surface area contributed by atoms with Gasteiger partial charge >= 0.3 is 0 Å². The van der Waals surface area contributed by atoms with Crippen molar-refractivity contribution in [2.45, 2.75) is 6.42 Å². The van der Waals surface area contributed by atoms with Crippen molar-refractivity contribution in [2.75, 3.05) is 37.8 Å². The fourth-order valence-electron chi connectivity index (χ4n) is 2.03. The van der Waals surface area contributed by atoms with Crippen LogP contribution >= 0.6 is 15.9 Å². The van der Waals surface area contributed by atoms with Crippen LogP contribution in [0.25, 0.3) is 0 Å². The van der Waals surface area contributed by atoms with E-state index in [4.69, 9.17) is 0 Å². The number of halogens is 1. The lowest BCUT2D eigenvalue weighted by molar-refractivity contribution is 0.102. The van der Waals surface area contributed by atoms with Gasteiger partial charge in [0.25, 0.3) is 5.91 Å². The van der Waals surface area contributed by atoms with Gasteiger partial charge in [-0.3, -0.25) is 4.79 Å². The highest BCUT2D eigenvalue weighted by molar-refractivity contribution is 9.10. The third-order valence-corrected chi connectivity index (χ3v) is 3.93. The molecule has 0 saturated carbocycles. The van der Waals surface area contributed by atoms with E-state index in [-0.39, 0.29) is 5.91 Å². The SMILES string of the molecule is CN(C)CCCNc1ccc(NC(=O)c2ccccc2Br)nc1. The number of anilines is 2. The van der Waals surface area contributed by atoms with Gasteiger partial charge in [0.1, 0.15) is 5.82 Å². The number of hydrogen-bond donors (Lipinski definition) is 2. The minimum absolute atomic E-state index is 0.184. The number of carbonyl (C=O) groups is 1. The fraction of sp³-hybridized carbons (Fsp3) is 0.294. The molecule has 1 aromatic carbocycles. The minimum atomic E-state index is -0.184. The molecule has 0 spiro atoms. The van der Waals surface area contributed by atoms with E-state index in [1.54, 1.807) is 18.3 Å². The van der Waals surface area contributed by atoms with Crippen molar-refractivity contribution in [3.8, 4) is 0 Å². The van der Waals surface area contributed by atoms with Gasteiger partial charge in [-0.25, -0.2) is 4.98 Å². The van der Waals surface area contributed by atoms with Crippen LogP contribution < -0.4 is 10.6 Å². The molecule has 0 aliphatic rings. The Morgan fingerprint density at radius 3 is 2.65 bits per heavy atom. The van der Waals surface area contributed by atoms with Gasteiger partial charge in [0.2, 0.25) is 0 Å². The summed E-state index contributed by atoms with van der Waals surface area (Å²) in [4.78, 5) is 18.6. The predicted molar refractivity (Wildman–Crippen MR) is 98.0 cm³/mol. The van der Waals surface area contributed by atoms with Gasteiger partial charge in [0.15, 0.2) is 0 Å². The Balaban J connectivity index is 1.87. The van der Waals surface area contributed by atoms with Gasteiger partial charge in [-0.2, -0.15) is 0 Å². The minimum Gasteiger partial charge on any atom is -0.384 e. The Morgan fingerprint density at radius 1 is 1.22 bits per heavy atom. The van der Waals surface area contributed by atoms with Crippen molar-refractivity contribution in [1.29, 1.82) is 0 Å². The third-order valence-electron chi connectivity index (χ3n) is 3.23. The molecule has 0 unspecified atom stereocenters. The van der Waals surface area contributed by atoms with Gasteiger partial charge in [0.05, 0.1) is 17.4 Å². The first kappa shape index (κ1) is 17.4. The van der Waals surface area contributed by atoms with E-state index < -0.39 is 0 Å². The lowest BCUT2D eigenvalue weighted by Gasteiger charge is -2.11. The third kappa shape index (κ3) is 5.65. The molecular weight excluding hydrogens is 356 g/mol. The molecule has 0 aliphatic carbocycles. The summed E-state index contributed by atoms with van der Waals surface area (Å²) in [6.45, 7) is 1.93. The van der Waals surface area contributed by atoms with Crippen LogP contribution in [0.5, 0.6) is 0 Å². The monoisotopic (exact) mass is 376 g/mol. The number of hydrogen-bond acceptors (Lipinski definition) is 4. The van der Waals surface area contributed by atoms with Crippen LogP contribution in [0.15, 0.2) is 47.1 Å². The topological polar surface area (TPSA) is 57.3 Å². The van der Waals surface area contributed by atoms with Crippen molar-refractivity contribution in [3.05, 3.63) is 52.6 Å². The highest BCUT2D eigenvalue weighted by Crippen LogP contribution is 2.17. The van der Waals surface area contributed by atoms with Crippen LogP contribution in [-0.4, -0.2) is 43.0 Å². The van der Waals surface area contributed by atoms with Crippen LogP contribution in [0.3, 0.4) is 0 Å². The van der Waals surface area contributed by atoms with E-state index in [9.17, 15) is 4.79 Å². The standard InChI is InChI=1S/C17H21BrN4O/c1-22(2)11-5-10-19-13-8-9-16(20-12-13)21-17(23)14-6-3-4-7-15(14)18/h3-4,6-9,12,19H,5,10-11H2,1-2H3,(H,20,21,23). The lowest BCUT2D eigenvalue weighted by Crippen LogP contribution is -2.16. The molecule has 1 heterocycles. The molecule has 0 saturated heterocycles.